The van der Waals surface area contributed by atoms with Gasteiger partial charge >= 0.3 is 0 Å². The normalized spacial score (nSPS) is 15.1. The van der Waals surface area contributed by atoms with Crippen LogP contribution in [0, 0.1) is 11.6 Å². The number of benzene rings is 3. The Labute approximate surface area is 184 Å². The lowest BCUT2D eigenvalue weighted by atomic mass is 9.72. The molecule has 0 aliphatic carbocycles. The fourth-order valence-electron chi connectivity index (χ4n) is 4.70. The van der Waals surface area contributed by atoms with Gasteiger partial charge in [-0.25, -0.2) is 8.78 Å². The van der Waals surface area contributed by atoms with Crippen molar-refractivity contribution in [1.29, 1.82) is 0 Å². The van der Waals surface area contributed by atoms with Crippen molar-refractivity contribution in [3.05, 3.63) is 95.6 Å². The molecule has 0 saturated heterocycles. The van der Waals surface area contributed by atoms with Crippen LogP contribution >= 0.6 is 0 Å². The quantitative estimate of drug-likeness (QED) is 0.372. The second-order valence-corrected chi connectivity index (χ2v) is 8.56. The van der Waals surface area contributed by atoms with Crippen molar-refractivity contribution in [3.8, 4) is 0 Å². The van der Waals surface area contributed by atoms with Gasteiger partial charge in [-0.3, -0.25) is 0 Å². The molecule has 3 aromatic carbocycles. The van der Waals surface area contributed by atoms with E-state index in [4.69, 9.17) is 0 Å². The minimum Gasteiger partial charge on any atom is -0.352 e. The van der Waals surface area contributed by atoms with Crippen LogP contribution in [0.3, 0.4) is 0 Å². The fraction of sp³-hybridized carbons (Fsp3) is 0.333. The average molecular weight is 421 g/mol. The molecule has 1 atom stereocenters. The van der Waals surface area contributed by atoms with Gasteiger partial charge in [0, 0.05) is 18.5 Å². The van der Waals surface area contributed by atoms with Gasteiger partial charge in [-0.15, -0.1) is 0 Å². The summed E-state index contributed by atoms with van der Waals surface area (Å²) in [6, 6.07) is 22.0. The summed E-state index contributed by atoms with van der Waals surface area (Å²) < 4.78 is 27.5. The summed E-state index contributed by atoms with van der Waals surface area (Å²) in [7, 11) is 0. The second-order valence-electron chi connectivity index (χ2n) is 8.56. The Hall–Kier alpha value is -2.88. The second kappa shape index (κ2) is 9.09. The number of fused-ring (bicyclic) bond motifs is 1. The van der Waals surface area contributed by atoms with E-state index < -0.39 is 0 Å². The van der Waals surface area contributed by atoms with Crippen LogP contribution in [0.25, 0.3) is 0 Å². The number of hydrogen-bond donors (Lipinski definition) is 0. The van der Waals surface area contributed by atoms with Crippen molar-refractivity contribution in [2.24, 2.45) is 0 Å². The van der Waals surface area contributed by atoms with Crippen molar-refractivity contribution < 1.29 is 8.78 Å². The van der Waals surface area contributed by atoms with Crippen LogP contribution in [-0.4, -0.2) is 19.8 Å². The lowest BCUT2D eigenvalue weighted by Crippen LogP contribution is -2.31. The first-order valence-electron chi connectivity index (χ1n) is 11.1. The summed E-state index contributed by atoms with van der Waals surface area (Å²) >= 11 is 0. The van der Waals surface area contributed by atoms with Gasteiger partial charge in [0.05, 0.1) is 18.0 Å². The Morgan fingerprint density at radius 2 is 1.48 bits per heavy atom. The highest BCUT2D eigenvalue weighted by atomic mass is 19.1. The SMILES string of the molecule is CCN1CN(CCCCC(C)(c2ccc(F)cc2)c2cccc(F)c2)c2ccccc21. The van der Waals surface area contributed by atoms with Gasteiger partial charge in [0.1, 0.15) is 11.6 Å². The molecule has 1 heterocycles. The van der Waals surface area contributed by atoms with E-state index in [0.717, 1.165) is 50.1 Å². The third kappa shape index (κ3) is 4.43. The van der Waals surface area contributed by atoms with E-state index in [1.165, 1.54) is 29.6 Å². The molecular formula is C27H30F2N2. The highest BCUT2D eigenvalue weighted by Crippen LogP contribution is 2.38. The zero-order valence-corrected chi connectivity index (χ0v) is 18.3. The first kappa shape index (κ1) is 21.4. The Morgan fingerprint density at radius 3 is 2.16 bits per heavy atom. The maximum absolute atomic E-state index is 14.0. The number of rotatable bonds is 8. The fourth-order valence-corrected chi connectivity index (χ4v) is 4.70. The molecule has 1 unspecified atom stereocenters. The highest BCUT2D eigenvalue weighted by molar-refractivity contribution is 5.76. The maximum Gasteiger partial charge on any atom is 0.123 e. The van der Waals surface area contributed by atoms with E-state index in [1.54, 1.807) is 12.1 Å². The van der Waals surface area contributed by atoms with E-state index in [-0.39, 0.29) is 17.0 Å². The Bertz CT molecular complexity index is 1020. The number of halogens is 2. The summed E-state index contributed by atoms with van der Waals surface area (Å²) in [6.45, 7) is 7.23. The number of anilines is 2. The van der Waals surface area contributed by atoms with E-state index >= 15 is 0 Å². The zero-order valence-electron chi connectivity index (χ0n) is 18.3. The first-order valence-corrected chi connectivity index (χ1v) is 11.1. The lowest BCUT2D eigenvalue weighted by Gasteiger charge is -2.32. The first-order chi connectivity index (χ1) is 15.0. The molecule has 0 fully saturated rings. The van der Waals surface area contributed by atoms with Gasteiger partial charge in [0.15, 0.2) is 0 Å². The maximum atomic E-state index is 14.0. The number of para-hydroxylation sites is 2. The van der Waals surface area contributed by atoms with Gasteiger partial charge in [-0.05, 0) is 67.3 Å². The van der Waals surface area contributed by atoms with Crippen LogP contribution in [0.1, 0.15) is 44.2 Å². The Morgan fingerprint density at radius 1 is 0.774 bits per heavy atom. The molecule has 0 amide bonds. The largest absolute Gasteiger partial charge is 0.352 e. The molecule has 3 aromatic rings. The molecule has 0 radical (unpaired) electrons. The minimum absolute atomic E-state index is 0.237. The van der Waals surface area contributed by atoms with E-state index in [0.29, 0.717) is 0 Å². The standard InChI is InChI=1S/C27H30F2N2/c1-3-30-20-31(26-12-5-4-11-25(26)30)18-7-6-17-27(2,21-13-15-23(28)16-14-21)22-9-8-10-24(29)19-22/h4-5,8-16,19H,3,6-7,17-18,20H2,1-2H3. The van der Waals surface area contributed by atoms with Crippen molar-refractivity contribution in [2.75, 3.05) is 29.6 Å². The Balaban J connectivity index is 1.47. The van der Waals surface area contributed by atoms with Gasteiger partial charge in [0.2, 0.25) is 0 Å². The van der Waals surface area contributed by atoms with Crippen LogP contribution in [0.4, 0.5) is 20.2 Å². The third-order valence-corrected chi connectivity index (χ3v) is 6.58. The molecular weight excluding hydrogens is 390 g/mol. The van der Waals surface area contributed by atoms with Gasteiger partial charge in [0.25, 0.3) is 0 Å². The minimum atomic E-state index is -0.367. The third-order valence-electron chi connectivity index (χ3n) is 6.58. The summed E-state index contributed by atoms with van der Waals surface area (Å²) in [5.74, 6) is -0.488. The average Bonchev–Trinajstić information content (AvgIpc) is 3.15. The van der Waals surface area contributed by atoms with Crippen LogP contribution in [0.15, 0.2) is 72.8 Å². The van der Waals surface area contributed by atoms with E-state index in [1.807, 2.05) is 18.2 Å². The molecule has 4 rings (SSSR count). The van der Waals surface area contributed by atoms with Gasteiger partial charge < -0.3 is 9.80 Å². The molecule has 162 valence electrons. The lowest BCUT2D eigenvalue weighted by molar-refractivity contribution is 0.480. The van der Waals surface area contributed by atoms with Crippen molar-refractivity contribution in [1.82, 2.24) is 0 Å². The molecule has 0 bridgehead atoms. The zero-order chi connectivity index (χ0) is 21.8. The van der Waals surface area contributed by atoms with Crippen molar-refractivity contribution >= 4 is 11.4 Å². The molecule has 2 nitrogen and oxygen atoms in total. The van der Waals surface area contributed by atoms with E-state index in [9.17, 15) is 8.78 Å². The topological polar surface area (TPSA) is 6.48 Å². The number of nitrogens with zero attached hydrogens (tertiary/aromatic N) is 2. The Kier molecular flexibility index (Phi) is 6.26. The molecule has 4 heteroatoms. The van der Waals surface area contributed by atoms with Crippen LogP contribution < -0.4 is 9.80 Å². The monoisotopic (exact) mass is 420 g/mol. The molecule has 0 spiro atoms. The molecule has 0 aromatic heterocycles. The van der Waals surface area contributed by atoms with Crippen molar-refractivity contribution in [2.45, 2.75) is 38.5 Å². The summed E-state index contributed by atoms with van der Waals surface area (Å²) in [5.41, 5.74) is 4.19. The molecule has 0 N–H and O–H groups in total. The highest BCUT2D eigenvalue weighted by Gasteiger charge is 2.29. The smallest absolute Gasteiger partial charge is 0.123 e. The summed E-state index contributed by atoms with van der Waals surface area (Å²) in [5, 5.41) is 0. The van der Waals surface area contributed by atoms with E-state index in [2.05, 4.69) is 47.9 Å². The van der Waals surface area contributed by atoms with Crippen LogP contribution in [0.2, 0.25) is 0 Å². The van der Waals surface area contributed by atoms with Gasteiger partial charge in [-0.2, -0.15) is 0 Å². The molecule has 0 saturated carbocycles. The van der Waals surface area contributed by atoms with Crippen molar-refractivity contribution in [3.63, 3.8) is 0 Å². The number of hydrogen-bond acceptors (Lipinski definition) is 2. The predicted octanol–water partition coefficient (Wildman–Crippen LogP) is 6.75. The number of unbranched alkanes of at least 4 members (excludes halogenated alkanes) is 1. The molecule has 31 heavy (non-hydrogen) atoms. The van der Waals surface area contributed by atoms with Crippen LogP contribution in [-0.2, 0) is 5.41 Å². The van der Waals surface area contributed by atoms with Crippen LogP contribution in [0.5, 0.6) is 0 Å². The molecule has 1 aliphatic heterocycles. The summed E-state index contributed by atoms with van der Waals surface area (Å²) in [6.07, 6.45) is 2.90. The van der Waals surface area contributed by atoms with Gasteiger partial charge in [-0.1, -0.05) is 49.7 Å². The summed E-state index contributed by atoms with van der Waals surface area (Å²) in [4.78, 5) is 4.83. The molecule has 1 aliphatic rings. The predicted molar refractivity (Wildman–Crippen MR) is 125 cm³/mol.